The van der Waals surface area contributed by atoms with E-state index in [2.05, 4.69) is 11.4 Å². The number of nitro benzene ring substituents is 1. The van der Waals surface area contributed by atoms with Gasteiger partial charge < -0.3 is 14.8 Å². The number of nitriles is 1. The number of halogens is 1. The molecule has 0 atom stereocenters. The third-order valence-electron chi connectivity index (χ3n) is 4.99. The maximum atomic E-state index is 12.6. The number of nitro groups is 1. The zero-order chi connectivity index (χ0) is 26.2. The fourth-order valence-corrected chi connectivity index (χ4v) is 3.87. The second-order valence-electron chi connectivity index (χ2n) is 7.98. The van der Waals surface area contributed by atoms with Crippen LogP contribution in [-0.2, 0) is 11.4 Å². The van der Waals surface area contributed by atoms with Crippen molar-refractivity contribution in [3.63, 3.8) is 0 Å². The van der Waals surface area contributed by atoms with Crippen molar-refractivity contribution in [3.05, 3.63) is 97.6 Å². The van der Waals surface area contributed by atoms with E-state index in [1.807, 2.05) is 39.0 Å². The number of aryl methyl sites for hydroxylation is 2. The first-order valence-electron chi connectivity index (χ1n) is 11.0. The zero-order valence-corrected chi connectivity index (χ0v) is 20.8. The molecule has 9 heteroatoms. The van der Waals surface area contributed by atoms with Crippen molar-refractivity contribution in [3.8, 4) is 17.6 Å². The number of benzene rings is 3. The highest BCUT2D eigenvalue weighted by Crippen LogP contribution is 2.38. The molecule has 3 aromatic rings. The molecule has 184 valence electrons. The van der Waals surface area contributed by atoms with Crippen LogP contribution in [0.3, 0.4) is 0 Å². The third kappa shape index (κ3) is 6.84. The largest absolute Gasteiger partial charge is 0.490 e. The zero-order valence-electron chi connectivity index (χ0n) is 20.0. The number of non-ortho nitro benzene ring substituents is 1. The summed E-state index contributed by atoms with van der Waals surface area (Å²) < 4.78 is 11.7. The van der Waals surface area contributed by atoms with Crippen LogP contribution in [0.4, 0.5) is 11.4 Å². The van der Waals surface area contributed by atoms with Gasteiger partial charge in [0, 0.05) is 17.8 Å². The molecule has 1 amide bonds. The molecule has 8 nitrogen and oxygen atoms in total. The van der Waals surface area contributed by atoms with Gasteiger partial charge in [-0.2, -0.15) is 5.26 Å². The lowest BCUT2D eigenvalue weighted by molar-refractivity contribution is -0.384. The van der Waals surface area contributed by atoms with Crippen LogP contribution in [0.2, 0.25) is 5.02 Å². The van der Waals surface area contributed by atoms with E-state index in [9.17, 15) is 20.2 Å². The van der Waals surface area contributed by atoms with Crippen molar-refractivity contribution in [2.75, 3.05) is 11.9 Å². The number of carbonyl (C=O) groups is 1. The fraction of sp³-hybridized carbons (Fsp3) is 0.185. The standard InChI is InChI=1S/C27H24ClN3O5/c1-4-35-25-13-19(12-24(28)26(25)36-16-20-9-17(2)8-18(3)10-20)11-21(15-29)27(32)30-22-6-5-7-23(14-22)31(33)34/h5-14H,4,16H2,1-3H3,(H,30,32)/b21-11+. The summed E-state index contributed by atoms with van der Waals surface area (Å²) in [5.74, 6) is 0.00797. The summed E-state index contributed by atoms with van der Waals surface area (Å²) in [4.78, 5) is 23.0. The molecule has 0 aliphatic rings. The third-order valence-corrected chi connectivity index (χ3v) is 5.27. The van der Waals surface area contributed by atoms with Crippen LogP contribution in [0.1, 0.15) is 29.2 Å². The van der Waals surface area contributed by atoms with Crippen LogP contribution < -0.4 is 14.8 Å². The fourth-order valence-electron chi connectivity index (χ4n) is 3.59. The molecule has 0 saturated carbocycles. The molecule has 0 bridgehead atoms. The average Bonchev–Trinajstić information content (AvgIpc) is 2.81. The van der Waals surface area contributed by atoms with E-state index in [1.165, 1.54) is 30.3 Å². The molecular weight excluding hydrogens is 482 g/mol. The van der Waals surface area contributed by atoms with Crippen LogP contribution in [0.15, 0.2) is 60.2 Å². The highest BCUT2D eigenvalue weighted by Gasteiger charge is 2.16. The molecule has 0 heterocycles. The van der Waals surface area contributed by atoms with Crippen molar-refractivity contribution >= 4 is 35.0 Å². The van der Waals surface area contributed by atoms with Crippen molar-refractivity contribution in [1.29, 1.82) is 5.26 Å². The number of rotatable bonds is 9. The minimum absolute atomic E-state index is 0.181. The number of hydrogen-bond donors (Lipinski definition) is 1. The van der Waals surface area contributed by atoms with Gasteiger partial charge in [-0.15, -0.1) is 0 Å². The summed E-state index contributed by atoms with van der Waals surface area (Å²) in [5.41, 5.74) is 3.48. The molecule has 3 rings (SSSR count). The Bertz CT molecular complexity index is 1360. The first-order chi connectivity index (χ1) is 17.2. The van der Waals surface area contributed by atoms with Gasteiger partial charge in [0.15, 0.2) is 11.5 Å². The lowest BCUT2D eigenvalue weighted by Crippen LogP contribution is -2.13. The quantitative estimate of drug-likeness (QED) is 0.156. The number of ether oxygens (including phenoxy) is 2. The minimum atomic E-state index is -0.720. The second-order valence-corrected chi connectivity index (χ2v) is 8.39. The van der Waals surface area contributed by atoms with E-state index in [0.29, 0.717) is 23.7 Å². The predicted molar refractivity (Wildman–Crippen MR) is 138 cm³/mol. The molecule has 0 fully saturated rings. The highest BCUT2D eigenvalue weighted by atomic mass is 35.5. The molecule has 0 radical (unpaired) electrons. The van der Waals surface area contributed by atoms with E-state index < -0.39 is 10.8 Å². The molecule has 36 heavy (non-hydrogen) atoms. The van der Waals surface area contributed by atoms with Gasteiger partial charge in [0.1, 0.15) is 18.2 Å². The smallest absolute Gasteiger partial charge is 0.271 e. The molecule has 1 N–H and O–H groups in total. The first-order valence-corrected chi connectivity index (χ1v) is 11.4. The van der Waals surface area contributed by atoms with E-state index in [1.54, 1.807) is 12.1 Å². The molecule has 0 aliphatic carbocycles. The van der Waals surface area contributed by atoms with Crippen molar-refractivity contribution in [2.24, 2.45) is 0 Å². The van der Waals surface area contributed by atoms with Crippen LogP contribution in [-0.4, -0.2) is 17.4 Å². The summed E-state index contributed by atoms with van der Waals surface area (Å²) in [5, 5.41) is 23.3. The summed E-state index contributed by atoms with van der Waals surface area (Å²) in [6, 6.07) is 16.6. The van der Waals surface area contributed by atoms with Gasteiger partial charge in [-0.1, -0.05) is 47.0 Å². The Balaban J connectivity index is 1.85. The molecular formula is C27H24ClN3O5. The number of nitrogens with one attached hydrogen (secondary N) is 1. The molecule has 0 aliphatic heterocycles. The van der Waals surface area contributed by atoms with Gasteiger partial charge in [-0.05, 0) is 56.2 Å². The topological polar surface area (TPSA) is 114 Å². The first kappa shape index (κ1) is 26.3. The Morgan fingerprint density at radius 1 is 1.14 bits per heavy atom. The SMILES string of the molecule is CCOc1cc(/C=C(\C#N)C(=O)Nc2cccc([N+](=O)[O-])c2)cc(Cl)c1OCc1cc(C)cc(C)c1. The number of hydrogen-bond acceptors (Lipinski definition) is 6. The number of carbonyl (C=O) groups excluding carboxylic acids is 1. The van der Waals surface area contributed by atoms with Crippen LogP contribution >= 0.6 is 11.6 Å². The molecule has 0 unspecified atom stereocenters. The van der Waals surface area contributed by atoms with E-state index in [-0.39, 0.29) is 28.6 Å². The van der Waals surface area contributed by atoms with Crippen molar-refractivity contribution in [2.45, 2.75) is 27.4 Å². The van der Waals surface area contributed by atoms with Crippen molar-refractivity contribution < 1.29 is 19.2 Å². The van der Waals surface area contributed by atoms with E-state index >= 15 is 0 Å². The van der Waals surface area contributed by atoms with Gasteiger partial charge in [0.25, 0.3) is 11.6 Å². The monoisotopic (exact) mass is 505 g/mol. The van der Waals surface area contributed by atoms with E-state index in [0.717, 1.165) is 16.7 Å². The summed E-state index contributed by atoms with van der Waals surface area (Å²) in [7, 11) is 0. The lowest BCUT2D eigenvalue weighted by Gasteiger charge is -2.15. The molecule has 3 aromatic carbocycles. The summed E-state index contributed by atoms with van der Waals surface area (Å²) >= 11 is 6.50. The Labute approximate surface area is 213 Å². The number of amides is 1. The second kappa shape index (κ2) is 11.9. The summed E-state index contributed by atoms with van der Waals surface area (Å²) in [6.45, 7) is 6.47. The Morgan fingerprint density at radius 3 is 2.50 bits per heavy atom. The van der Waals surface area contributed by atoms with Gasteiger partial charge >= 0.3 is 0 Å². The lowest BCUT2D eigenvalue weighted by atomic mass is 10.1. The van der Waals surface area contributed by atoms with Gasteiger partial charge in [0.05, 0.1) is 16.6 Å². The minimum Gasteiger partial charge on any atom is -0.490 e. The Kier molecular flexibility index (Phi) is 8.66. The maximum Gasteiger partial charge on any atom is 0.271 e. The number of anilines is 1. The van der Waals surface area contributed by atoms with Crippen LogP contribution in [0, 0.1) is 35.3 Å². The van der Waals surface area contributed by atoms with Crippen LogP contribution in [0.25, 0.3) is 6.08 Å². The average molecular weight is 506 g/mol. The molecule has 0 aromatic heterocycles. The van der Waals surface area contributed by atoms with Gasteiger partial charge in [-0.25, -0.2) is 0 Å². The highest BCUT2D eigenvalue weighted by molar-refractivity contribution is 6.32. The van der Waals surface area contributed by atoms with E-state index in [4.69, 9.17) is 21.1 Å². The normalized spacial score (nSPS) is 10.9. The van der Waals surface area contributed by atoms with Gasteiger partial charge in [0.2, 0.25) is 0 Å². The number of nitrogens with zero attached hydrogens (tertiary/aromatic N) is 2. The Hall–Kier alpha value is -4.35. The van der Waals surface area contributed by atoms with Crippen molar-refractivity contribution in [1.82, 2.24) is 0 Å². The van der Waals surface area contributed by atoms with Gasteiger partial charge in [-0.3, -0.25) is 14.9 Å². The molecule has 0 spiro atoms. The summed E-state index contributed by atoms with van der Waals surface area (Å²) in [6.07, 6.45) is 1.36. The molecule has 0 saturated heterocycles. The Morgan fingerprint density at radius 2 is 1.86 bits per heavy atom. The van der Waals surface area contributed by atoms with Crippen LogP contribution in [0.5, 0.6) is 11.5 Å². The maximum absolute atomic E-state index is 12.6. The predicted octanol–water partition coefficient (Wildman–Crippen LogP) is 6.39.